The second kappa shape index (κ2) is 7.70. The van der Waals surface area contributed by atoms with Gasteiger partial charge in [-0.3, -0.25) is 4.79 Å². The van der Waals surface area contributed by atoms with Gasteiger partial charge in [0.25, 0.3) is 0 Å². The number of hydrogen-bond donors (Lipinski definition) is 1. The Kier molecular flexibility index (Phi) is 5.40. The van der Waals surface area contributed by atoms with Crippen LogP contribution < -0.4 is 5.32 Å². The Labute approximate surface area is 139 Å². The van der Waals surface area contributed by atoms with Crippen molar-refractivity contribution >= 4 is 17.2 Å². The van der Waals surface area contributed by atoms with Gasteiger partial charge < -0.3 is 14.7 Å². The lowest BCUT2D eigenvalue weighted by Crippen LogP contribution is -2.30. The summed E-state index contributed by atoms with van der Waals surface area (Å²) in [6.45, 7) is 2.74. The Balaban J connectivity index is 1.42. The number of hydrogen-bond acceptors (Lipinski definition) is 6. The van der Waals surface area contributed by atoms with Gasteiger partial charge in [-0.1, -0.05) is 11.2 Å². The molecule has 6 nitrogen and oxygen atoms in total. The minimum atomic E-state index is 0.238. The van der Waals surface area contributed by atoms with E-state index < -0.39 is 0 Å². The van der Waals surface area contributed by atoms with Crippen molar-refractivity contribution < 1.29 is 9.32 Å². The number of aromatic nitrogens is 2. The van der Waals surface area contributed by atoms with Crippen LogP contribution in [0.3, 0.4) is 0 Å². The molecule has 1 fully saturated rings. The first-order valence-electron chi connectivity index (χ1n) is 8.05. The highest BCUT2D eigenvalue weighted by molar-refractivity contribution is 7.13. The normalized spacial score (nSPS) is 17.8. The predicted molar refractivity (Wildman–Crippen MR) is 89.2 cm³/mol. The average Bonchev–Trinajstić information content (AvgIpc) is 3.28. The molecular weight excluding hydrogens is 312 g/mol. The lowest BCUT2D eigenvalue weighted by atomic mass is 10.1. The summed E-state index contributed by atoms with van der Waals surface area (Å²) in [6, 6.07) is 3.93. The molecule has 3 rings (SSSR count). The van der Waals surface area contributed by atoms with E-state index in [4.69, 9.17) is 4.52 Å². The van der Waals surface area contributed by atoms with Crippen LogP contribution in [0.5, 0.6) is 0 Å². The van der Waals surface area contributed by atoms with Crippen LogP contribution in [0.2, 0.25) is 0 Å². The third-order valence-corrected chi connectivity index (χ3v) is 4.99. The van der Waals surface area contributed by atoms with E-state index in [1.54, 1.807) is 11.3 Å². The van der Waals surface area contributed by atoms with E-state index in [2.05, 4.69) is 15.5 Å². The molecule has 1 aliphatic heterocycles. The van der Waals surface area contributed by atoms with Crippen molar-refractivity contribution in [2.75, 3.05) is 26.7 Å². The number of nitrogens with one attached hydrogen (secondary N) is 1. The van der Waals surface area contributed by atoms with Crippen molar-refractivity contribution in [3.8, 4) is 10.7 Å². The maximum absolute atomic E-state index is 12.2. The number of thiophene rings is 1. The van der Waals surface area contributed by atoms with Crippen LogP contribution in [0.4, 0.5) is 0 Å². The summed E-state index contributed by atoms with van der Waals surface area (Å²) in [4.78, 5) is 19.6. The first kappa shape index (κ1) is 16.1. The van der Waals surface area contributed by atoms with Crippen LogP contribution in [0.15, 0.2) is 22.0 Å². The van der Waals surface area contributed by atoms with E-state index in [1.807, 2.05) is 29.5 Å². The Morgan fingerprint density at radius 3 is 3.26 bits per heavy atom. The molecule has 1 amide bonds. The molecule has 1 saturated heterocycles. The summed E-state index contributed by atoms with van der Waals surface area (Å²) >= 11 is 1.59. The van der Waals surface area contributed by atoms with E-state index in [9.17, 15) is 4.79 Å². The Hall–Kier alpha value is -1.73. The van der Waals surface area contributed by atoms with Crippen LogP contribution >= 0.6 is 11.3 Å². The van der Waals surface area contributed by atoms with E-state index in [1.165, 1.54) is 0 Å². The smallest absolute Gasteiger partial charge is 0.226 e. The zero-order valence-corrected chi connectivity index (χ0v) is 14.1. The molecule has 23 heavy (non-hydrogen) atoms. The maximum atomic E-state index is 12.2. The van der Waals surface area contributed by atoms with Gasteiger partial charge in [-0.25, -0.2) is 0 Å². The van der Waals surface area contributed by atoms with Crippen LogP contribution in [0.25, 0.3) is 10.7 Å². The van der Waals surface area contributed by atoms with Crippen molar-refractivity contribution in [2.24, 2.45) is 5.92 Å². The first-order chi connectivity index (χ1) is 11.3. The van der Waals surface area contributed by atoms with Crippen LogP contribution in [0.1, 0.15) is 25.2 Å². The highest BCUT2D eigenvalue weighted by Gasteiger charge is 2.25. The third kappa shape index (κ3) is 4.17. The topological polar surface area (TPSA) is 71.3 Å². The van der Waals surface area contributed by atoms with Crippen molar-refractivity contribution in [3.63, 3.8) is 0 Å². The van der Waals surface area contributed by atoms with Crippen LogP contribution in [-0.4, -0.2) is 47.6 Å². The zero-order chi connectivity index (χ0) is 16.1. The van der Waals surface area contributed by atoms with Gasteiger partial charge in [0.05, 0.1) is 4.88 Å². The Morgan fingerprint density at radius 2 is 2.48 bits per heavy atom. The van der Waals surface area contributed by atoms with Crippen molar-refractivity contribution in [3.05, 3.63) is 23.4 Å². The molecule has 124 valence electrons. The Morgan fingerprint density at radius 1 is 1.57 bits per heavy atom. The second-order valence-corrected chi connectivity index (χ2v) is 6.84. The van der Waals surface area contributed by atoms with Gasteiger partial charge >= 0.3 is 0 Å². The van der Waals surface area contributed by atoms with Crippen molar-refractivity contribution in [2.45, 2.75) is 25.7 Å². The fraction of sp³-hybridized carbons (Fsp3) is 0.562. The molecule has 0 radical (unpaired) electrons. The van der Waals surface area contributed by atoms with Crippen LogP contribution in [-0.2, 0) is 11.2 Å². The van der Waals surface area contributed by atoms with Gasteiger partial charge in [-0.2, -0.15) is 4.98 Å². The van der Waals surface area contributed by atoms with Gasteiger partial charge in [-0.05, 0) is 43.8 Å². The summed E-state index contributed by atoms with van der Waals surface area (Å²) in [5.41, 5.74) is 0. The van der Waals surface area contributed by atoms with Gasteiger partial charge in [-0.15, -0.1) is 11.3 Å². The molecule has 0 saturated carbocycles. The minimum Gasteiger partial charge on any atom is -0.342 e. The second-order valence-electron chi connectivity index (χ2n) is 5.89. The molecule has 2 aromatic rings. The molecule has 0 spiro atoms. The number of aryl methyl sites for hydroxylation is 1. The number of rotatable bonds is 7. The molecule has 1 aliphatic rings. The summed E-state index contributed by atoms with van der Waals surface area (Å²) in [5.74, 6) is 2.07. The molecule has 0 aromatic carbocycles. The maximum Gasteiger partial charge on any atom is 0.226 e. The number of nitrogens with zero attached hydrogens (tertiary/aromatic N) is 3. The zero-order valence-electron chi connectivity index (χ0n) is 13.3. The number of amides is 1. The molecule has 1 N–H and O–H groups in total. The third-order valence-electron chi connectivity index (χ3n) is 4.12. The molecule has 0 bridgehead atoms. The highest BCUT2D eigenvalue weighted by Crippen LogP contribution is 2.22. The largest absolute Gasteiger partial charge is 0.342 e. The highest BCUT2D eigenvalue weighted by atomic mass is 32.1. The molecule has 1 unspecified atom stereocenters. The first-order valence-corrected chi connectivity index (χ1v) is 8.93. The summed E-state index contributed by atoms with van der Waals surface area (Å²) in [5, 5.41) is 9.16. The predicted octanol–water partition coefficient (Wildman–Crippen LogP) is 2.19. The SMILES string of the molecule is CNCC1CCN(C(=O)CCCc2nc(-c3cccs3)no2)C1. The average molecular weight is 334 g/mol. The summed E-state index contributed by atoms with van der Waals surface area (Å²) in [7, 11) is 1.96. The van der Waals surface area contributed by atoms with E-state index >= 15 is 0 Å². The van der Waals surface area contributed by atoms with Crippen molar-refractivity contribution in [1.29, 1.82) is 0 Å². The van der Waals surface area contributed by atoms with Crippen LogP contribution in [0, 0.1) is 5.92 Å². The summed E-state index contributed by atoms with van der Waals surface area (Å²) < 4.78 is 5.26. The lowest BCUT2D eigenvalue weighted by Gasteiger charge is -2.16. The molecule has 7 heteroatoms. The molecule has 1 atom stereocenters. The number of carbonyl (C=O) groups excluding carboxylic acids is 1. The number of likely N-dealkylation sites (tertiary alicyclic amines) is 1. The fourth-order valence-corrected chi connectivity index (χ4v) is 3.57. The van der Waals surface area contributed by atoms with Gasteiger partial charge in [0.1, 0.15) is 0 Å². The van der Waals surface area contributed by atoms with Crippen molar-refractivity contribution in [1.82, 2.24) is 20.4 Å². The lowest BCUT2D eigenvalue weighted by molar-refractivity contribution is -0.130. The van der Waals surface area contributed by atoms with Gasteiger partial charge in [0, 0.05) is 25.9 Å². The quantitative estimate of drug-likeness (QED) is 0.840. The standard InChI is InChI=1S/C16H22N4O2S/c1-17-10-12-7-8-20(11-12)15(21)6-2-5-14-18-16(19-22-14)13-4-3-9-23-13/h3-4,9,12,17H,2,5-8,10-11H2,1H3. The van der Waals surface area contributed by atoms with E-state index in [0.29, 0.717) is 30.5 Å². The summed E-state index contributed by atoms with van der Waals surface area (Å²) in [6.07, 6.45) is 3.04. The van der Waals surface area contributed by atoms with Gasteiger partial charge in [0.15, 0.2) is 0 Å². The molecule has 0 aliphatic carbocycles. The molecule has 3 heterocycles. The van der Waals surface area contributed by atoms with Gasteiger partial charge in [0.2, 0.25) is 17.6 Å². The molecule has 2 aromatic heterocycles. The fourth-order valence-electron chi connectivity index (χ4n) is 2.93. The Bertz CT molecular complexity index is 626. The van der Waals surface area contributed by atoms with E-state index in [0.717, 1.165) is 37.4 Å². The molecular formula is C16H22N4O2S. The minimum absolute atomic E-state index is 0.238. The monoisotopic (exact) mass is 334 g/mol. The van der Waals surface area contributed by atoms with E-state index in [-0.39, 0.29) is 5.91 Å². The number of carbonyl (C=O) groups is 1.